The van der Waals surface area contributed by atoms with Crippen molar-refractivity contribution in [3.8, 4) is 33.6 Å². The second-order valence-corrected chi connectivity index (χ2v) is 9.93. The summed E-state index contributed by atoms with van der Waals surface area (Å²) in [5, 5.41) is 5.35. The minimum absolute atomic E-state index is 0.289. The van der Waals surface area contributed by atoms with Gasteiger partial charge in [-0.1, -0.05) is 23.7 Å². The molecule has 1 aliphatic heterocycles. The standard InChI is InChI=1S/C27H27ClN6O/c28-21-5-3-17(4-6-21)24-7-8-25(32-24)23-13-19(14-30-26(23)29)20-15-31-34(16-20)22-9-11-33(12-10-22)27(35)18-1-2-18/h3-8,13-16,18,22,32H,1-2,9-12H2,(H2,29,30). The minimum Gasteiger partial charge on any atom is -0.383 e. The summed E-state index contributed by atoms with van der Waals surface area (Å²) in [4.78, 5) is 22.3. The van der Waals surface area contributed by atoms with Crippen molar-refractivity contribution in [2.75, 3.05) is 18.8 Å². The van der Waals surface area contributed by atoms with Crippen LogP contribution in [0.4, 0.5) is 5.82 Å². The number of likely N-dealkylation sites (tertiary alicyclic amines) is 1. The zero-order valence-electron chi connectivity index (χ0n) is 19.3. The highest BCUT2D eigenvalue weighted by Crippen LogP contribution is 2.34. The third kappa shape index (κ3) is 4.44. The number of rotatable bonds is 5. The molecule has 1 saturated carbocycles. The average molecular weight is 487 g/mol. The van der Waals surface area contributed by atoms with Crippen molar-refractivity contribution in [3.05, 3.63) is 66.1 Å². The lowest BCUT2D eigenvalue weighted by atomic mass is 10.0. The number of hydrogen-bond acceptors (Lipinski definition) is 4. The molecule has 3 aromatic heterocycles. The normalized spacial score (nSPS) is 16.5. The minimum atomic E-state index is 0.289. The lowest BCUT2D eigenvalue weighted by Crippen LogP contribution is -2.39. The van der Waals surface area contributed by atoms with Crippen LogP contribution in [0.3, 0.4) is 0 Å². The maximum Gasteiger partial charge on any atom is 0.225 e. The smallest absolute Gasteiger partial charge is 0.225 e. The van der Waals surface area contributed by atoms with Crippen LogP contribution in [0.2, 0.25) is 5.02 Å². The summed E-state index contributed by atoms with van der Waals surface area (Å²) in [6.07, 6.45) is 9.73. The monoisotopic (exact) mass is 486 g/mol. The number of nitrogens with zero attached hydrogens (tertiary/aromatic N) is 4. The Morgan fingerprint density at radius 1 is 0.943 bits per heavy atom. The Hall–Kier alpha value is -3.58. The van der Waals surface area contributed by atoms with Gasteiger partial charge in [0.15, 0.2) is 0 Å². The van der Waals surface area contributed by atoms with Gasteiger partial charge in [-0.15, -0.1) is 0 Å². The maximum atomic E-state index is 12.3. The number of nitrogen functional groups attached to an aromatic ring is 1. The van der Waals surface area contributed by atoms with Crippen molar-refractivity contribution < 1.29 is 4.79 Å². The number of amides is 1. The quantitative estimate of drug-likeness (QED) is 0.394. The van der Waals surface area contributed by atoms with E-state index in [4.69, 9.17) is 17.3 Å². The van der Waals surface area contributed by atoms with Gasteiger partial charge >= 0.3 is 0 Å². The van der Waals surface area contributed by atoms with E-state index in [-0.39, 0.29) is 5.92 Å². The number of benzene rings is 1. The number of carbonyl (C=O) groups is 1. The number of pyridine rings is 1. The van der Waals surface area contributed by atoms with Crippen molar-refractivity contribution >= 4 is 23.3 Å². The van der Waals surface area contributed by atoms with Crippen LogP contribution >= 0.6 is 11.6 Å². The first-order chi connectivity index (χ1) is 17.0. The molecule has 1 aliphatic carbocycles. The molecule has 1 amide bonds. The number of anilines is 1. The van der Waals surface area contributed by atoms with Crippen LogP contribution in [0.5, 0.6) is 0 Å². The summed E-state index contributed by atoms with van der Waals surface area (Å²) < 4.78 is 2.04. The molecule has 2 fully saturated rings. The Balaban J connectivity index is 1.20. The van der Waals surface area contributed by atoms with Crippen LogP contribution in [0.1, 0.15) is 31.7 Å². The summed E-state index contributed by atoms with van der Waals surface area (Å²) in [6, 6.07) is 14.1. The van der Waals surface area contributed by atoms with Gasteiger partial charge in [0.25, 0.3) is 0 Å². The molecule has 1 saturated heterocycles. The first-order valence-corrected chi connectivity index (χ1v) is 12.5. The number of H-pyrrole nitrogens is 1. The highest BCUT2D eigenvalue weighted by Gasteiger charge is 2.35. The fraction of sp³-hybridized carbons (Fsp3) is 0.296. The third-order valence-corrected chi connectivity index (χ3v) is 7.31. The number of aromatic amines is 1. The zero-order chi connectivity index (χ0) is 23.9. The van der Waals surface area contributed by atoms with E-state index >= 15 is 0 Å². The van der Waals surface area contributed by atoms with E-state index in [9.17, 15) is 4.79 Å². The van der Waals surface area contributed by atoms with Crippen LogP contribution < -0.4 is 5.73 Å². The van der Waals surface area contributed by atoms with Gasteiger partial charge in [-0.25, -0.2) is 4.98 Å². The van der Waals surface area contributed by atoms with E-state index in [0.717, 1.165) is 72.4 Å². The van der Waals surface area contributed by atoms with Crippen molar-refractivity contribution in [1.82, 2.24) is 24.6 Å². The topological polar surface area (TPSA) is 92.8 Å². The summed E-state index contributed by atoms with van der Waals surface area (Å²) in [7, 11) is 0. The fourth-order valence-corrected chi connectivity index (χ4v) is 4.95. The Kier molecular flexibility index (Phi) is 5.57. The summed E-state index contributed by atoms with van der Waals surface area (Å²) in [5.74, 6) is 1.10. The molecule has 0 radical (unpaired) electrons. The molecule has 0 unspecified atom stereocenters. The average Bonchev–Trinajstić information content (AvgIpc) is 3.41. The summed E-state index contributed by atoms with van der Waals surface area (Å²) >= 11 is 6.02. The number of carbonyl (C=O) groups excluding carboxylic acids is 1. The highest BCUT2D eigenvalue weighted by atomic mass is 35.5. The summed E-state index contributed by atoms with van der Waals surface area (Å²) in [5.41, 5.74) is 12.0. The molecule has 178 valence electrons. The molecule has 8 heteroatoms. The number of nitrogens with two attached hydrogens (primary N) is 1. The van der Waals surface area contributed by atoms with Crippen LogP contribution in [-0.2, 0) is 4.79 Å². The van der Waals surface area contributed by atoms with Gasteiger partial charge < -0.3 is 15.6 Å². The molecule has 7 nitrogen and oxygen atoms in total. The van der Waals surface area contributed by atoms with E-state index in [1.807, 2.05) is 52.2 Å². The number of aromatic nitrogens is 4. The van der Waals surface area contributed by atoms with Gasteiger partial charge in [0, 0.05) is 64.5 Å². The predicted octanol–water partition coefficient (Wildman–Crippen LogP) is 5.42. The van der Waals surface area contributed by atoms with Crippen molar-refractivity contribution in [1.29, 1.82) is 0 Å². The first kappa shape index (κ1) is 21.9. The van der Waals surface area contributed by atoms with Gasteiger partial charge in [0.1, 0.15) is 5.82 Å². The van der Waals surface area contributed by atoms with E-state index in [1.54, 1.807) is 6.20 Å². The number of nitrogens with one attached hydrogen (secondary N) is 1. The molecule has 1 aromatic carbocycles. The Labute approximate surface area is 208 Å². The third-order valence-electron chi connectivity index (χ3n) is 7.06. The molecule has 4 aromatic rings. The molecule has 6 rings (SSSR count). The Morgan fingerprint density at radius 2 is 1.69 bits per heavy atom. The van der Waals surface area contributed by atoms with Gasteiger partial charge in [-0.3, -0.25) is 9.48 Å². The van der Waals surface area contributed by atoms with Crippen molar-refractivity contribution in [3.63, 3.8) is 0 Å². The van der Waals surface area contributed by atoms with Crippen LogP contribution in [0, 0.1) is 5.92 Å². The molecule has 0 bridgehead atoms. The fourth-order valence-electron chi connectivity index (χ4n) is 4.83. The second kappa shape index (κ2) is 8.89. The molecule has 35 heavy (non-hydrogen) atoms. The van der Waals surface area contributed by atoms with Crippen LogP contribution in [-0.4, -0.2) is 43.6 Å². The lowest BCUT2D eigenvalue weighted by molar-refractivity contribution is -0.133. The zero-order valence-corrected chi connectivity index (χ0v) is 20.1. The SMILES string of the molecule is Nc1ncc(-c2cnn(C3CCN(C(=O)C4CC4)CC3)c2)cc1-c1ccc(-c2ccc(Cl)cc2)[nH]1. The van der Waals surface area contributed by atoms with Gasteiger partial charge in [-0.2, -0.15) is 5.10 Å². The first-order valence-electron chi connectivity index (χ1n) is 12.1. The number of piperidine rings is 1. The van der Waals surface area contributed by atoms with Crippen molar-refractivity contribution in [2.45, 2.75) is 31.7 Å². The molecule has 2 aliphatic rings. The van der Waals surface area contributed by atoms with Gasteiger partial charge in [-0.05, 0) is 61.6 Å². The van der Waals surface area contributed by atoms with Crippen molar-refractivity contribution in [2.24, 2.45) is 5.92 Å². The lowest BCUT2D eigenvalue weighted by Gasteiger charge is -2.32. The van der Waals surface area contributed by atoms with Crippen LogP contribution in [0.25, 0.3) is 33.6 Å². The second-order valence-electron chi connectivity index (χ2n) is 9.49. The van der Waals surface area contributed by atoms with E-state index < -0.39 is 0 Å². The van der Waals surface area contributed by atoms with E-state index in [2.05, 4.69) is 27.3 Å². The predicted molar refractivity (Wildman–Crippen MR) is 138 cm³/mol. The Morgan fingerprint density at radius 3 is 2.43 bits per heavy atom. The van der Waals surface area contributed by atoms with E-state index in [0.29, 0.717) is 22.8 Å². The molecule has 0 spiro atoms. The molecule has 4 heterocycles. The molecule has 3 N–H and O–H groups in total. The van der Waals surface area contributed by atoms with Gasteiger partial charge in [0.05, 0.1) is 12.2 Å². The van der Waals surface area contributed by atoms with E-state index in [1.165, 1.54) is 0 Å². The molecular formula is C27H27ClN6O. The largest absolute Gasteiger partial charge is 0.383 e. The summed E-state index contributed by atoms with van der Waals surface area (Å²) in [6.45, 7) is 1.62. The highest BCUT2D eigenvalue weighted by molar-refractivity contribution is 6.30. The van der Waals surface area contributed by atoms with Crippen LogP contribution in [0.15, 0.2) is 61.1 Å². The number of halogens is 1. The Bertz CT molecular complexity index is 1360. The maximum absolute atomic E-state index is 12.3. The number of hydrogen-bond donors (Lipinski definition) is 2. The molecule has 0 atom stereocenters. The molecular weight excluding hydrogens is 460 g/mol. The van der Waals surface area contributed by atoms with Gasteiger partial charge in [0.2, 0.25) is 5.91 Å².